The number of hydrogen-bond donors (Lipinski definition) is 1. The molecule has 0 heterocycles. The second-order valence-corrected chi connectivity index (χ2v) is 4.15. The maximum atomic E-state index is 12.0. The topological polar surface area (TPSA) is 49.8 Å². The highest BCUT2D eigenvalue weighted by molar-refractivity contribution is 9.10. The summed E-state index contributed by atoms with van der Waals surface area (Å²) in [7, 11) is 3.19. The molecule has 1 aromatic rings. The van der Waals surface area contributed by atoms with Crippen LogP contribution in [0.5, 0.6) is 5.75 Å². The number of benzene rings is 1. The van der Waals surface area contributed by atoms with E-state index in [1.54, 1.807) is 32.4 Å². The Morgan fingerprint density at radius 1 is 1.56 bits per heavy atom. The molecule has 0 aliphatic carbocycles. The summed E-state index contributed by atoms with van der Waals surface area (Å²) in [6.07, 6.45) is 0. The van der Waals surface area contributed by atoms with Crippen LogP contribution in [0.15, 0.2) is 22.7 Å². The van der Waals surface area contributed by atoms with E-state index in [0.29, 0.717) is 22.3 Å². The molecule has 5 heteroatoms. The van der Waals surface area contributed by atoms with E-state index in [1.165, 1.54) is 4.90 Å². The first kappa shape index (κ1) is 13.0. The molecule has 1 N–H and O–H groups in total. The standard InChI is InChI=1S/C11H14BrNO3/c1-13(5-6-14)11(15)9-7-8(16-2)3-4-10(9)12/h3-4,7,14H,5-6H2,1-2H3. The van der Waals surface area contributed by atoms with E-state index < -0.39 is 0 Å². The fraction of sp³-hybridized carbons (Fsp3) is 0.364. The maximum Gasteiger partial charge on any atom is 0.254 e. The van der Waals surface area contributed by atoms with Crippen LogP contribution in [0.25, 0.3) is 0 Å². The lowest BCUT2D eigenvalue weighted by atomic mass is 10.2. The van der Waals surface area contributed by atoms with E-state index in [0.717, 1.165) is 0 Å². The van der Waals surface area contributed by atoms with Crippen molar-refractivity contribution in [2.24, 2.45) is 0 Å². The Labute approximate surface area is 103 Å². The molecule has 0 aliphatic rings. The third-order valence-electron chi connectivity index (χ3n) is 2.19. The Morgan fingerprint density at radius 2 is 2.25 bits per heavy atom. The number of halogens is 1. The van der Waals surface area contributed by atoms with Crippen LogP contribution >= 0.6 is 15.9 Å². The zero-order chi connectivity index (χ0) is 12.1. The highest BCUT2D eigenvalue weighted by Gasteiger charge is 2.15. The number of likely N-dealkylation sites (N-methyl/N-ethyl adjacent to an activating group) is 1. The lowest BCUT2D eigenvalue weighted by molar-refractivity contribution is 0.0765. The SMILES string of the molecule is COc1ccc(Br)c(C(=O)N(C)CCO)c1. The van der Waals surface area contributed by atoms with Gasteiger partial charge in [0.05, 0.1) is 19.3 Å². The van der Waals surface area contributed by atoms with Crippen molar-refractivity contribution in [2.75, 3.05) is 27.3 Å². The zero-order valence-electron chi connectivity index (χ0n) is 9.24. The number of aliphatic hydroxyl groups is 1. The highest BCUT2D eigenvalue weighted by atomic mass is 79.9. The van der Waals surface area contributed by atoms with Gasteiger partial charge in [0.2, 0.25) is 0 Å². The van der Waals surface area contributed by atoms with Crippen LogP contribution in [-0.2, 0) is 0 Å². The van der Waals surface area contributed by atoms with Gasteiger partial charge in [-0.2, -0.15) is 0 Å². The summed E-state index contributed by atoms with van der Waals surface area (Å²) in [5.41, 5.74) is 0.523. The first-order chi connectivity index (χ1) is 7.60. The number of rotatable bonds is 4. The molecule has 0 atom stereocenters. The van der Waals surface area contributed by atoms with Crippen LogP contribution in [0.1, 0.15) is 10.4 Å². The molecule has 0 saturated carbocycles. The Kier molecular flexibility index (Phi) is 4.76. The molecular weight excluding hydrogens is 274 g/mol. The predicted molar refractivity (Wildman–Crippen MR) is 64.7 cm³/mol. The van der Waals surface area contributed by atoms with Gasteiger partial charge >= 0.3 is 0 Å². The van der Waals surface area contributed by atoms with E-state index in [-0.39, 0.29) is 12.5 Å². The van der Waals surface area contributed by atoms with Gasteiger partial charge in [-0.1, -0.05) is 0 Å². The first-order valence-corrected chi connectivity index (χ1v) is 5.59. The van der Waals surface area contributed by atoms with E-state index >= 15 is 0 Å². The maximum absolute atomic E-state index is 12.0. The number of carbonyl (C=O) groups excluding carboxylic acids is 1. The van der Waals surface area contributed by atoms with Crippen LogP contribution in [0.3, 0.4) is 0 Å². The molecule has 16 heavy (non-hydrogen) atoms. The minimum absolute atomic E-state index is 0.0518. The van der Waals surface area contributed by atoms with Crippen molar-refractivity contribution in [1.82, 2.24) is 4.90 Å². The summed E-state index contributed by atoms with van der Waals surface area (Å²) in [5.74, 6) is 0.476. The molecule has 0 spiro atoms. The molecule has 1 amide bonds. The molecule has 0 saturated heterocycles. The highest BCUT2D eigenvalue weighted by Crippen LogP contribution is 2.23. The van der Waals surface area contributed by atoms with Crippen LogP contribution < -0.4 is 4.74 Å². The third-order valence-corrected chi connectivity index (χ3v) is 2.88. The molecular formula is C11H14BrNO3. The van der Waals surface area contributed by atoms with Crippen molar-refractivity contribution in [3.8, 4) is 5.75 Å². The normalized spacial score (nSPS) is 10.0. The zero-order valence-corrected chi connectivity index (χ0v) is 10.8. The molecule has 0 aliphatic heterocycles. The van der Waals surface area contributed by atoms with E-state index in [4.69, 9.17) is 9.84 Å². The summed E-state index contributed by atoms with van der Waals surface area (Å²) in [6, 6.07) is 5.20. The Balaban J connectivity index is 2.97. The second kappa shape index (κ2) is 5.86. The summed E-state index contributed by atoms with van der Waals surface area (Å²) in [6.45, 7) is 0.256. The van der Waals surface area contributed by atoms with E-state index in [1.807, 2.05) is 0 Å². The summed E-state index contributed by atoms with van der Waals surface area (Å²) in [5, 5.41) is 8.77. The fourth-order valence-electron chi connectivity index (χ4n) is 1.25. The summed E-state index contributed by atoms with van der Waals surface area (Å²) < 4.78 is 5.77. The van der Waals surface area contributed by atoms with Crippen molar-refractivity contribution >= 4 is 21.8 Å². The van der Waals surface area contributed by atoms with Crippen molar-refractivity contribution < 1.29 is 14.6 Å². The van der Waals surface area contributed by atoms with Crippen LogP contribution in [-0.4, -0.2) is 43.2 Å². The average Bonchev–Trinajstić information content (AvgIpc) is 2.29. The number of amides is 1. The van der Waals surface area contributed by atoms with Crippen molar-refractivity contribution in [1.29, 1.82) is 0 Å². The third kappa shape index (κ3) is 2.96. The van der Waals surface area contributed by atoms with Crippen molar-refractivity contribution in [2.45, 2.75) is 0 Å². The fourth-order valence-corrected chi connectivity index (χ4v) is 1.67. The van der Waals surface area contributed by atoms with Gasteiger partial charge in [-0.15, -0.1) is 0 Å². The van der Waals surface area contributed by atoms with Gasteiger partial charge in [-0.3, -0.25) is 4.79 Å². The molecule has 0 aromatic heterocycles. The largest absolute Gasteiger partial charge is 0.497 e. The number of methoxy groups -OCH3 is 1. The molecule has 1 aromatic carbocycles. The average molecular weight is 288 g/mol. The van der Waals surface area contributed by atoms with Crippen LogP contribution in [0, 0.1) is 0 Å². The summed E-state index contributed by atoms with van der Waals surface area (Å²) in [4.78, 5) is 13.4. The number of aliphatic hydroxyl groups excluding tert-OH is 1. The Hall–Kier alpha value is -1.07. The Bertz CT molecular complexity index is 381. The van der Waals surface area contributed by atoms with Gasteiger partial charge in [-0.25, -0.2) is 0 Å². The van der Waals surface area contributed by atoms with Gasteiger partial charge in [0.1, 0.15) is 5.75 Å². The van der Waals surface area contributed by atoms with Crippen molar-refractivity contribution in [3.63, 3.8) is 0 Å². The monoisotopic (exact) mass is 287 g/mol. The number of carbonyl (C=O) groups is 1. The molecule has 1 rings (SSSR count). The van der Waals surface area contributed by atoms with Gasteiger partial charge in [0.15, 0.2) is 0 Å². The minimum atomic E-state index is -0.153. The van der Waals surface area contributed by atoms with Gasteiger partial charge in [-0.05, 0) is 34.1 Å². The predicted octanol–water partition coefficient (Wildman–Crippen LogP) is 1.52. The second-order valence-electron chi connectivity index (χ2n) is 3.30. The summed E-state index contributed by atoms with van der Waals surface area (Å²) >= 11 is 3.31. The lowest BCUT2D eigenvalue weighted by Gasteiger charge is -2.16. The minimum Gasteiger partial charge on any atom is -0.497 e. The Morgan fingerprint density at radius 3 is 2.81 bits per heavy atom. The van der Waals surface area contributed by atoms with Crippen LogP contribution in [0.4, 0.5) is 0 Å². The molecule has 88 valence electrons. The van der Waals surface area contributed by atoms with E-state index in [2.05, 4.69) is 15.9 Å². The first-order valence-electron chi connectivity index (χ1n) is 4.80. The molecule has 4 nitrogen and oxygen atoms in total. The molecule has 0 fully saturated rings. The number of nitrogens with zero attached hydrogens (tertiary/aromatic N) is 1. The van der Waals surface area contributed by atoms with Gasteiger partial charge in [0.25, 0.3) is 5.91 Å². The smallest absolute Gasteiger partial charge is 0.254 e. The van der Waals surface area contributed by atoms with Crippen molar-refractivity contribution in [3.05, 3.63) is 28.2 Å². The van der Waals surface area contributed by atoms with Gasteiger partial charge < -0.3 is 14.7 Å². The van der Waals surface area contributed by atoms with Gasteiger partial charge in [0, 0.05) is 18.1 Å². The quantitative estimate of drug-likeness (QED) is 0.914. The molecule has 0 bridgehead atoms. The molecule has 0 radical (unpaired) electrons. The van der Waals surface area contributed by atoms with E-state index in [9.17, 15) is 4.79 Å². The van der Waals surface area contributed by atoms with Crippen LogP contribution in [0.2, 0.25) is 0 Å². The lowest BCUT2D eigenvalue weighted by Crippen LogP contribution is -2.29. The number of hydrogen-bond acceptors (Lipinski definition) is 3. The number of ether oxygens (including phenoxy) is 1. The molecule has 0 unspecified atom stereocenters.